The molecule has 6 heteroatoms. The van der Waals surface area contributed by atoms with Gasteiger partial charge in [-0.3, -0.25) is 14.6 Å². The molecule has 0 unspecified atom stereocenters. The summed E-state index contributed by atoms with van der Waals surface area (Å²) in [5.74, 6) is -1.46. The van der Waals surface area contributed by atoms with Gasteiger partial charge in [0.25, 0.3) is 5.91 Å². The normalized spacial score (nSPS) is 11.7. The van der Waals surface area contributed by atoms with Crippen LogP contribution < -0.4 is 5.32 Å². The second-order valence-electron chi connectivity index (χ2n) is 4.86. The highest BCUT2D eigenvalue weighted by Crippen LogP contribution is 2.25. The number of amides is 1. The van der Waals surface area contributed by atoms with Crippen molar-refractivity contribution in [1.82, 2.24) is 10.3 Å². The minimum Gasteiger partial charge on any atom is -0.481 e. The number of hydrogen-bond acceptors (Lipinski definition) is 3. The van der Waals surface area contributed by atoms with Gasteiger partial charge in [0.15, 0.2) is 0 Å². The lowest BCUT2D eigenvalue weighted by Gasteiger charge is -2.18. The van der Waals surface area contributed by atoms with E-state index in [9.17, 15) is 9.59 Å². The Bertz CT molecular complexity index is 703. The first kappa shape index (κ1) is 16.0. The van der Waals surface area contributed by atoms with E-state index < -0.39 is 17.9 Å². The molecule has 0 saturated carbocycles. The van der Waals surface area contributed by atoms with Gasteiger partial charge in [0.2, 0.25) is 0 Å². The molecule has 0 bridgehead atoms. The summed E-state index contributed by atoms with van der Waals surface area (Å²) in [6.07, 6.45) is 1.27. The van der Waals surface area contributed by atoms with Crippen LogP contribution in [0.15, 0.2) is 42.6 Å². The first-order valence-corrected chi connectivity index (χ1v) is 7.05. The first-order valence-electron chi connectivity index (χ1n) is 6.67. The molecule has 0 radical (unpaired) electrons. The molecular formula is C16H15ClN2O3. The Kier molecular flexibility index (Phi) is 5.12. The summed E-state index contributed by atoms with van der Waals surface area (Å²) < 4.78 is 0. The highest BCUT2D eigenvalue weighted by atomic mass is 35.5. The molecule has 1 heterocycles. The van der Waals surface area contributed by atoms with Crippen molar-refractivity contribution >= 4 is 23.5 Å². The molecular weight excluding hydrogens is 304 g/mol. The number of rotatable bonds is 5. The lowest BCUT2D eigenvalue weighted by Crippen LogP contribution is -2.31. The fourth-order valence-electron chi connectivity index (χ4n) is 2.06. The average Bonchev–Trinajstić information content (AvgIpc) is 2.46. The Morgan fingerprint density at radius 3 is 2.68 bits per heavy atom. The van der Waals surface area contributed by atoms with Gasteiger partial charge < -0.3 is 10.4 Å². The SMILES string of the molecule is Cc1ccnc(C(=O)N[C@H](CC(=O)O)c2ccccc2Cl)c1. The number of nitrogens with zero attached hydrogens (tertiary/aromatic N) is 1. The Labute approximate surface area is 133 Å². The summed E-state index contributed by atoms with van der Waals surface area (Å²) in [6.45, 7) is 1.85. The molecule has 1 atom stereocenters. The van der Waals surface area contributed by atoms with Crippen molar-refractivity contribution in [3.63, 3.8) is 0 Å². The van der Waals surface area contributed by atoms with Crippen molar-refractivity contribution in [3.8, 4) is 0 Å². The van der Waals surface area contributed by atoms with Crippen LogP contribution in [0, 0.1) is 6.92 Å². The van der Waals surface area contributed by atoms with E-state index in [0.717, 1.165) is 5.56 Å². The van der Waals surface area contributed by atoms with Gasteiger partial charge in [-0.15, -0.1) is 0 Å². The number of carbonyl (C=O) groups is 2. The Balaban J connectivity index is 2.25. The molecule has 0 aliphatic heterocycles. The standard InChI is InChI=1S/C16H15ClN2O3/c1-10-6-7-18-14(8-10)16(22)19-13(9-15(20)21)11-4-2-3-5-12(11)17/h2-8,13H,9H2,1H3,(H,19,22)(H,20,21)/t13-/m1/s1. The lowest BCUT2D eigenvalue weighted by atomic mass is 10.0. The predicted octanol–water partition coefficient (Wildman–Crippen LogP) is 2.99. The van der Waals surface area contributed by atoms with Crippen LogP contribution in [0.4, 0.5) is 0 Å². The zero-order valence-corrected chi connectivity index (χ0v) is 12.7. The maximum Gasteiger partial charge on any atom is 0.305 e. The van der Waals surface area contributed by atoms with E-state index in [4.69, 9.17) is 16.7 Å². The van der Waals surface area contributed by atoms with Gasteiger partial charge in [-0.2, -0.15) is 0 Å². The quantitative estimate of drug-likeness (QED) is 0.888. The monoisotopic (exact) mass is 318 g/mol. The number of nitrogens with one attached hydrogen (secondary N) is 1. The molecule has 5 nitrogen and oxygen atoms in total. The van der Waals surface area contributed by atoms with Crippen LogP contribution in [0.1, 0.15) is 34.1 Å². The molecule has 1 aromatic heterocycles. The van der Waals surface area contributed by atoms with Crippen LogP contribution in [0.5, 0.6) is 0 Å². The third-order valence-corrected chi connectivity index (χ3v) is 3.46. The molecule has 0 saturated heterocycles. The lowest BCUT2D eigenvalue weighted by molar-refractivity contribution is -0.137. The van der Waals surface area contributed by atoms with Crippen LogP contribution in [0.3, 0.4) is 0 Å². The zero-order chi connectivity index (χ0) is 16.1. The molecule has 1 amide bonds. The van der Waals surface area contributed by atoms with Gasteiger partial charge in [-0.05, 0) is 36.2 Å². The summed E-state index contributed by atoms with van der Waals surface area (Å²) in [6, 6.07) is 9.53. The maximum absolute atomic E-state index is 12.3. The van der Waals surface area contributed by atoms with Crippen LogP contribution >= 0.6 is 11.6 Å². The number of aliphatic carboxylic acids is 1. The van der Waals surface area contributed by atoms with Gasteiger partial charge in [-0.25, -0.2) is 0 Å². The van der Waals surface area contributed by atoms with Gasteiger partial charge in [0.05, 0.1) is 12.5 Å². The van der Waals surface area contributed by atoms with Crippen molar-refractivity contribution < 1.29 is 14.7 Å². The maximum atomic E-state index is 12.3. The number of benzene rings is 1. The smallest absolute Gasteiger partial charge is 0.305 e. The first-order chi connectivity index (χ1) is 10.5. The van der Waals surface area contributed by atoms with Crippen molar-refractivity contribution in [3.05, 3.63) is 64.4 Å². The van der Waals surface area contributed by atoms with E-state index >= 15 is 0 Å². The number of aryl methyl sites for hydroxylation is 1. The summed E-state index contributed by atoms with van der Waals surface area (Å²) in [7, 11) is 0. The molecule has 0 aliphatic rings. The number of carbonyl (C=O) groups excluding carboxylic acids is 1. The van der Waals surface area contributed by atoms with Gasteiger partial charge in [0.1, 0.15) is 5.69 Å². The van der Waals surface area contributed by atoms with Crippen molar-refractivity contribution in [2.45, 2.75) is 19.4 Å². The molecule has 0 aliphatic carbocycles. The van der Waals surface area contributed by atoms with E-state index in [1.54, 1.807) is 36.4 Å². The number of aromatic nitrogens is 1. The Morgan fingerprint density at radius 1 is 1.32 bits per heavy atom. The Morgan fingerprint density at radius 2 is 2.05 bits per heavy atom. The summed E-state index contributed by atoms with van der Waals surface area (Å²) in [5, 5.41) is 12.1. The average molecular weight is 319 g/mol. The van der Waals surface area contributed by atoms with Gasteiger partial charge in [-0.1, -0.05) is 29.8 Å². The number of carboxylic acids is 1. The van der Waals surface area contributed by atoms with E-state index in [0.29, 0.717) is 10.6 Å². The van der Waals surface area contributed by atoms with Gasteiger partial charge >= 0.3 is 5.97 Å². The van der Waals surface area contributed by atoms with Crippen LogP contribution in [-0.4, -0.2) is 22.0 Å². The number of carboxylic acid groups (broad SMARTS) is 1. The summed E-state index contributed by atoms with van der Waals surface area (Å²) >= 11 is 6.10. The van der Waals surface area contributed by atoms with Crippen molar-refractivity contribution in [1.29, 1.82) is 0 Å². The third-order valence-electron chi connectivity index (χ3n) is 3.11. The largest absolute Gasteiger partial charge is 0.481 e. The molecule has 1 aromatic carbocycles. The topological polar surface area (TPSA) is 79.3 Å². The summed E-state index contributed by atoms with van der Waals surface area (Å²) in [5.41, 5.74) is 1.70. The molecule has 22 heavy (non-hydrogen) atoms. The number of pyridine rings is 1. The third kappa shape index (κ3) is 4.05. The van der Waals surface area contributed by atoms with E-state index in [1.165, 1.54) is 6.20 Å². The van der Waals surface area contributed by atoms with E-state index in [1.807, 2.05) is 6.92 Å². The highest BCUT2D eigenvalue weighted by molar-refractivity contribution is 6.31. The van der Waals surface area contributed by atoms with Crippen LogP contribution in [-0.2, 0) is 4.79 Å². The minimum atomic E-state index is -1.03. The molecule has 0 fully saturated rings. The summed E-state index contributed by atoms with van der Waals surface area (Å²) in [4.78, 5) is 27.3. The van der Waals surface area contributed by atoms with Gasteiger partial charge in [0, 0.05) is 11.2 Å². The van der Waals surface area contributed by atoms with Crippen molar-refractivity contribution in [2.24, 2.45) is 0 Å². The van der Waals surface area contributed by atoms with E-state index in [2.05, 4.69) is 10.3 Å². The molecule has 2 rings (SSSR count). The predicted molar refractivity (Wildman–Crippen MR) is 82.9 cm³/mol. The molecule has 2 N–H and O–H groups in total. The zero-order valence-electron chi connectivity index (χ0n) is 11.9. The fourth-order valence-corrected chi connectivity index (χ4v) is 2.33. The molecule has 0 spiro atoms. The van der Waals surface area contributed by atoms with Crippen LogP contribution in [0.25, 0.3) is 0 Å². The molecule has 2 aromatic rings. The van der Waals surface area contributed by atoms with Crippen molar-refractivity contribution in [2.75, 3.05) is 0 Å². The Hall–Kier alpha value is -2.40. The molecule has 114 valence electrons. The number of halogens is 1. The second kappa shape index (κ2) is 7.04. The number of hydrogen-bond donors (Lipinski definition) is 2. The second-order valence-corrected chi connectivity index (χ2v) is 5.27. The van der Waals surface area contributed by atoms with Crippen LogP contribution in [0.2, 0.25) is 5.02 Å². The fraction of sp³-hybridized carbons (Fsp3) is 0.188. The van der Waals surface area contributed by atoms with E-state index in [-0.39, 0.29) is 12.1 Å². The minimum absolute atomic E-state index is 0.238. The highest BCUT2D eigenvalue weighted by Gasteiger charge is 2.21.